The minimum atomic E-state index is -3.60. The third-order valence-corrected chi connectivity index (χ3v) is 7.26. The fourth-order valence-corrected chi connectivity index (χ4v) is 5.40. The van der Waals surface area contributed by atoms with E-state index in [1.54, 1.807) is 12.1 Å². The summed E-state index contributed by atoms with van der Waals surface area (Å²) in [5, 5.41) is 3.39. The number of rotatable bonds is 5. The first kappa shape index (κ1) is 18.9. The molecular formula is C19H27N3O4S. The number of hydrogen-bond donors (Lipinski definition) is 2. The molecule has 0 saturated carbocycles. The Kier molecular flexibility index (Phi) is 5.50. The molecule has 3 aliphatic heterocycles. The minimum absolute atomic E-state index is 0.00228. The lowest BCUT2D eigenvalue weighted by Gasteiger charge is -2.28. The van der Waals surface area contributed by atoms with Crippen LogP contribution < -0.4 is 10.0 Å². The number of amides is 1. The fraction of sp³-hybridized carbons (Fsp3) is 0.632. The quantitative estimate of drug-likeness (QED) is 0.783. The van der Waals surface area contributed by atoms with Crippen molar-refractivity contribution in [2.24, 2.45) is 0 Å². The Labute approximate surface area is 160 Å². The van der Waals surface area contributed by atoms with Crippen molar-refractivity contribution >= 4 is 15.9 Å². The van der Waals surface area contributed by atoms with Crippen LogP contribution in [0.4, 0.5) is 0 Å². The topological polar surface area (TPSA) is 87.7 Å². The van der Waals surface area contributed by atoms with E-state index in [2.05, 4.69) is 10.0 Å². The molecule has 7 nitrogen and oxygen atoms in total. The maximum atomic E-state index is 13.0. The highest BCUT2D eigenvalue weighted by molar-refractivity contribution is 7.89. The summed E-state index contributed by atoms with van der Waals surface area (Å²) in [6.45, 7) is 2.75. The van der Waals surface area contributed by atoms with Crippen LogP contribution in [0.15, 0.2) is 29.2 Å². The number of fused-ring (bicyclic) bond motifs is 2. The molecular weight excluding hydrogens is 366 g/mol. The first-order chi connectivity index (χ1) is 13.0. The third kappa shape index (κ3) is 4.03. The summed E-state index contributed by atoms with van der Waals surface area (Å²) in [5.41, 5.74) is 0.548. The highest BCUT2D eigenvalue weighted by atomic mass is 32.2. The van der Waals surface area contributed by atoms with E-state index in [4.69, 9.17) is 4.74 Å². The maximum Gasteiger partial charge on any atom is 0.254 e. The molecule has 0 aliphatic carbocycles. The van der Waals surface area contributed by atoms with Crippen molar-refractivity contribution in [3.63, 3.8) is 0 Å². The number of carbonyl (C=O) groups excluding carboxylic acids is 1. The van der Waals surface area contributed by atoms with Crippen LogP contribution in [0.25, 0.3) is 0 Å². The summed E-state index contributed by atoms with van der Waals surface area (Å²) >= 11 is 0. The van der Waals surface area contributed by atoms with Crippen LogP contribution in [0.3, 0.4) is 0 Å². The highest BCUT2D eigenvalue weighted by Crippen LogP contribution is 2.29. The molecule has 8 heteroatoms. The van der Waals surface area contributed by atoms with Gasteiger partial charge in [0.1, 0.15) is 0 Å². The molecule has 3 aliphatic rings. The molecule has 4 rings (SSSR count). The second kappa shape index (κ2) is 7.87. The molecule has 2 N–H and O–H groups in total. The van der Waals surface area contributed by atoms with Gasteiger partial charge in [-0.3, -0.25) is 4.79 Å². The van der Waals surface area contributed by atoms with Crippen molar-refractivity contribution in [3.05, 3.63) is 29.8 Å². The molecule has 3 unspecified atom stereocenters. The molecule has 0 spiro atoms. The second-order valence-electron chi connectivity index (χ2n) is 7.60. The van der Waals surface area contributed by atoms with Gasteiger partial charge >= 0.3 is 0 Å². The summed E-state index contributed by atoms with van der Waals surface area (Å²) in [6.07, 6.45) is 4.86. The van der Waals surface area contributed by atoms with Crippen LogP contribution in [0.2, 0.25) is 0 Å². The van der Waals surface area contributed by atoms with Crippen molar-refractivity contribution in [2.45, 2.75) is 55.2 Å². The Bertz CT molecular complexity index is 761. The van der Waals surface area contributed by atoms with Gasteiger partial charge < -0.3 is 15.0 Å². The number of sulfonamides is 1. The summed E-state index contributed by atoms with van der Waals surface area (Å²) in [4.78, 5) is 15.2. The van der Waals surface area contributed by atoms with Crippen LogP contribution >= 0.6 is 0 Å². The molecule has 3 atom stereocenters. The van der Waals surface area contributed by atoms with E-state index in [0.717, 1.165) is 45.2 Å². The lowest BCUT2D eigenvalue weighted by molar-refractivity contribution is 0.0680. The van der Waals surface area contributed by atoms with Crippen LogP contribution in [0.5, 0.6) is 0 Å². The predicted octanol–water partition coefficient (Wildman–Crippen LogP) is 1.11. The lowest BCUT2D eigenvalue weighted by Crippen LogP contribution is -2.42. The highest BCUT2D eigenvalue weighted by Gasteiger charge is 2.38. The Morgan fingerprint density at radius 3 is 2.67 bits per heavy atom. The molecule has 3 heterocycles. The van der Waals surface area contributed by atoms with Gasteiger partial charge in [0.2, 0.25) is 10.0 Å². The smallest absolute Gasteiger partial charge is 0.254 e. The largest absolute Gasteiger partial charge is 0.377 e. The number of nitrogens with one attached hydrogen (secondary N) is 2. The van der Waals surface area contributed by atoms with Gasteiger partial charge in [0.05, 0.1) is 11.0 Å². The molecule has 2 bridgehead atoms. The van der Waals surface area contributed by atoms with Gasteiger partial charge in [-0.05, 0) is 62.9 Å². The van der Waals surface area contributed by atoms with E-state index in [1.165, 1.54) is 12.1 Å². The third-order valence-electron chi connectivity index (χ3n) is 5.83. The number of hydrogen-bond acceptors (Lipinski definition) is 5. The van der Waals surface area contributed by atoms with Crippen molar-refractivity contribution in [1.82, 2.24) is 14.9 Å². The standard InChI is InChI=1S/C19H27N3O4S/c23-19(22-15-5-6-16(22)12-20-10-9-15)14-3-7-18(8-4-14)27(24,25)21-13-17-2-1-11-26-17/h3-4,7-8,15-17,20-21H,1-2,5-6,9-13H2. The average molecular weight is 394 g/mol. The predicted molar refractivity (Wildman–Crippen MR) is 101 cm³/mol. The maximum absolute atomic E-state index is 13.0. The van der Waals surface area contributed by atoms with Gasteiger partial charge in [-0.2, -0.15) is 0 Å². The van der Waals surface area contributed by atoms with Crippen LogP contribution in [0.1, 0.15) is 42.5 Å². The first-order valence-electron chi connectivity index (χ1n) is 9.79. The van der Waals surface area contributed by atoms with E-state index in [0.29, 0.717) is 12.2 Å². The van der Waals surface area contributed by atoms with E-state index in [1.807, 2.05) is 4.90 Å². The van der Waals surface area contributed by atoms with Gasteiger partial charge in [0, 0.05) is 37.3 Å². The molecule has 1 aromatic carbocycles. The van der Waals surface area contributed by atoms with Crippen molar-refractivity contribution in [2.75, 3.05) is 26.2 Å². The van der Waals surface area contributed by atoms with Crippen molar-refractivity contribution in [1.29, 1.82) is 0 Å². The number of ether oxygens (including phenoxy) is 1. The molecule has 1 amide bonds. The van der Waals surface area contributed by atoms with Crippen LogP contribution in [0, 0.1) is 0 Å². The van der Waals surface area contributed by atoms with Gasteiger partial charge in [-0.15, -0.1) is 0 Å². The average Bonchev–Trinajstić information content (AvgIpc) is 3.26. The zero-order valence-corrected chi connectivity index (χ0v) is 16.2. The Morgan fingerprint density at radius 1 is 1.15 bits per heavy atom. The Hall–Kier alpha value is -1.48. The van der Waals surface area contributed by atoms with Gasteiger partial charge in [0.15, 0.2) is 0 Å². The van der Waals surface area contributed by atoms with Gasteiger partial charge in [-0.1, -0.05) is 0 Å². The number of benzene rings is 1. The molecule has 27 heavy (non-hydrogen) atoms. The molecule has 1 aromatic rings. The lowest BCUT2D eigenvalue weighted by atomic mass is 10.1. The van der Waals surface area contributed by atoms with Crippen molar-refractivity contribution in [3.8, 4) is 0 Å². The van der Waals surface area contributed by atoms with Crippen LogP contribution in [-0.2, 0) is 14.8 Å². The van der Waals surface area contributed by atoms with E-state index in [9.17, 15) is 13.2 Å². The van der Waals surface area contributed by atoms with Crippen molar-refractivity contribution < 1.29 is 17.9 Å². The minimum Gasteiger partial charge on any atom is -0.377 e. The molecule has 3 saturated heterocycles. The summed E-state index contributed by atoms with van der Waals surface area (Å²) in [5.74, 6) is 0.00228. The molecule has 3 fully saturated rings. The molecule has 0 radical (unpaired) electrons. The number of carbonyl (C=O) groups is 1. The molecule has 0 aromatic heterocycles. The van der Waals surface area contributed by atoms with E-state index < -0.39 is 10.0 Å². The van der Waals surface area contributed by atoms with Crippen LogP contribution in [-0.4, -0.2) is 63.7 Å². The first-order valence-corrected chi connectivity index (χ1v) is 11.3. The van der Waals surface area contributed by atoms with E-state index >= 15 is 0 Å². The Morgan fingerprint density at radius 2 is 1.93 bits per heavy atom. The van der Waals surface area contributed by atoms with E-state index in [-0.39, 0.29) is 35.5 Å². The normalized spacial score (nSPS) is 28.3. The number of nitrogens with zero attached hydrogens (tertiary/aromatic N) is 1. The summed E-state index contributed by atoms with van der Waals surface area (Å²) in [7, 11) is -3.60. The Balaban J connectivity index is 1.44. The molecule has 148 valence electrons. The summed E-state index contributed by atoms with van der Waals surface area (Å²) in [6, 6.07) is 6.81. The van der Waals surface area contributed by atoms with Gasteiger partial charge in [0.25, 0.3) is 5.91 Å². The summed E-state index contributed by atoms with van der Waals surface area (Å²) < 4.78 is 33.0. The fourth-order valence-electron chi connectivity index (χ4n) is 4.33. The second-order valence-corrected chi connectivity index (χ2v) is 9.37. The zero-order chi connectivity index (χ0) is 18.9. The van der Waals surface area contributed by atoms with Gasteiger partial charge in [-0.25, -0.2) is 13.1 Å². The zero-order valence-electron chi connectivity index (χ0n) is 15.4. The SMILES string of the molecule is O=C(c1ccc(S(=O)(=O)NCC2CCCO2)cc1)N1C2CCNCC1CC2. The monoisotopic (exact) mass is 393 g/mol.